The zero-order valence-corrected chi connectivity index (χ0v) is 18.1. The predicted octanol–water partition coefficient (Wildman–Crippen LogP) is 3.69. The van der Waals surface area contributed by atoms with Gasteiger partial charge in [-0.15, -0.1) is 11.3 Å². The Bertz CT molecular complexity index is 1020. The van der Waals surface area contributed by atoms with Gasteiger partial charge in [-0.3, -0.25) is 9.36 Å². The van der Waals surface area contributed by atoms with Gasteiger partial charge in [-0.05, 0) is 57.2 Å². The highest BCUT2D eigenvalue weighted by Gasteiger charge is 2.25. The highest BCUT2D eigenvalue weighted by atomic mass is 32.1. The number of thiophene rings is 1. The number of rotatable bonds is 8. The molecule has 0 spiro atoms. The minimum absolute atomic E-state index is 0.0937. The molecule has 1 aliphatic rings. The van der Waals surface area contributed by atoms with Crippen molar-refractivity contribution in [2.24, 2.45) is 0 Å². The predicted molar refractivity (Wildman–Crippen MR) is 119 cm³/mol. The van der Waals surface area contributed by atoms with Gasteiger partial charge in [0.05, 0.1) is 18.3 Å². The lowest BCUT2D eigenvalue weighted by atomic mass is 9.93. The molecule has 1 unspecified atom stereocenters. The topological polar surface area (TPSA) is 56.1 Å². The molecule has 0 fully saturated rings. The Kier molecular flexibility index (Phi) is 6.43. The van der Waals surface area contributed by atoms with E-state index in [0.717, 1.165) is 61.2 Å². The number of fused-ring (bicyclic) bond motifs is 3. The first-order valence-corrected chi connectivity index (χ1v) is 11.3. The molecule has 3 aromatic rings. The van der Waals surface area contributed by atoms with Crippen LogP contribution in [0.1, 0.15) is 41.3 Å². The summed E-state index contributed by atoms with van der Waals surface area (Å²) in [5.41, 5.74) is 3.67. The zero-order chi connectivity index (χ0) is 20.2. The van der Waals surface area contributed by atoms with Crippen LogP contribution in [0.4, 0.5) is 0 Å². The van der Waals surface area contributed by atoms with Gasteiger partial charge in [0.2, 0.25) is 0 Å². The highest BCUT2D eigenvalue weighted by molar-refractivity contribution is 7.18. The number of aromatic nitrogens is 2. The van der Waals surface area contributed by atoms with Crippen LogP contribution in [0.25, 0.3) is 10.2 Å². The van der Waals surface area contributed by atoms with Crippen molar-refractivity contribution in [2.75, 3.05) is 19.8 Å². The summed E-state index contributed by atoms with van der Waals surface area (Å²) in [5.74, 6) is 0. The van der Waals surface area contributed by atoms with Crippen LogP contribution >= 0.6 is 11.3 Å². The van der Waals surface area contributed by atoms with E-state index in [4.69, 9.17) is 4.74 Å². The lowest BCUT2D eigenvalue weighted by Gasteiger charge is -2.23. The van der Waals surface area contributed by atoms with E-state index in [9.17, 15) is 4.79 Å². The Balaban J connectivity index is 1.50. The van der Waals surface area contributed by atoms with Gasteiger partial charge in [-0.2, -0.15) is 0 Å². The van der Waals surface area contributed by atoms with Crippen molar-refractivity contribution in [3.63, 3.8) is 0 Å². The Labute approximate surface area is 175 Å². The van der Waals surface area contributed by atoms with Crippen LogP contribution in [0, 0.1) is 6.92 Å². The van der Waals surface area contributed by atoms with E-state index < -0.39 is 0 Å². The van der Waals surface area contributed by atoms with Crippen LogP contribution in [0.5, 0.6) is 0 Å². The second-order valence-electron chi connectivity index (χ2n) is 7.79. The zero-order valence-electron chi connectivity index (χ0n) is 17.2. The van der Waals surface area contributed by atoms with Gasteiger partial charge in [0.1, 0.15) is 4.83 Å². The molecule has 0 saturated carbocycles. The molecule has 1 atom stereocenters. The largest absolute Gasteiger partial charge is 0.382 e. The summed E-state index contributed by atoms with van der Waals surface area (Å²) >= 11 is 1.69. The second-order valence-corrected chi connectivity index (χ2v) is 8.88. The van der Waals surface area contributed by atoms with Gasteiger partial charge >= 0.3 is 0 Å². The summed E-state index contributed by atoms with van der Waals surface area (Å²) in [6.45, 7) is 7.24. The number of nitrogens with zero attached hydrogens (tertiary/aromatic N) is 2. The first kappa shape index (κ1) is 20.3. The molecule has 0 amide bonds. The van der Waals surface area contributed by atoms with E-state index in [1.165, 1.54) is 16.0 Å². The molecule has 0 aliphatic heterocycles. The van der Waals surface area contributed by atoms with E-state index in [1.54, 1.807) is 22.2 Å². The SMILES string of the molecule is CCOCCCNC1CCc2c(sc3ncn(Cc4ccc(C)cc4)c(=O)c23)C1. The third-order valence-corrected chi connectivity index (χ3v) is 6.77. The van der Waals surface area contributed by atoms with Crippen molar-refractivity contribution in [3.8, 4) is 0 Å². The van der Waals surface area contributed by atoms with E-state index >= 15 is 0 Å². The third-order valence-electron chi connectivity index (χ3n) is 5.61. The quantitative estimate of drug-likeness (QED) is 0.575. The highest BCUT2D eigenvalue weighted by Crippen LogP contribution is 2.33. The Morgan fingerprint density at radius 1 is 1.31 bits per heavy atom. The maximum atomic E-state index is 13.2. The van der Waals surface area contributed by atoms with E-state index in [-0.39, 0.29) is 5.56 Å². The molecule has 0 bridgehead atoms. The van der Waals surface area contributed by atoms with Crippen LogP contribution in [-0.4, -0.2) is 35.4 Å². The average molecular weight is 412 g/mol. The first-order chi connectivity index (χ1) is 14.2. The van der Waals surface area contributed by atoms with Crippen molar-refractivity contribution in [1.29, 1.82) is 0 Å². The molecule has 1 aliphatic carbocycles. The monoisotopic (exact) mass is 411 g/mol. The van der Waals surface area contributed by atoms with Crippen molar-refractivity contribution < 1.29 is 4.74 Å². The standard InChI is InChI=1S/C23H29N3O2S/c1-3-28-12-4-11-24-18-9-10-19-20(13-18)29-22-21(19)23(27)26(15-25-22)14-17-7-5-16(2)6-8-17/h5-8,15,18,24H,3-4,9-14H2,1-2H3. The molecular weight excluding hydrogens is 382 g/mol. The van der Waals surface area contributed by atoms with Crippen molar-refractivity contribution in [3.05, 3.63) is 62.5 Å². The molecule has 29 heavy (non-hydrogen) atoms. The van der Waals surface area contributed by atoms with E-state index in [1.807, 2.05) is 6.92 Å². The molecule has 4 rings (SSSR count). The molecule has 5 nitrogen and oxygen atoms in total. The molecule has 0 radical (unpaired) electrons. The molecular formula is C23H29N3O2S. The molecule has 2 heterocycles. The number of aryl methyl sites for hydroxylation is 2. The van der Waals surface area contributed by atoms with Gasteiger partial charge in [-0.25, -0.2) is 4.98 Å². The summed E-state index contributed by atoms with van der Waals surface area (Å²) in [5, 5.41) is 4.49. The lowest BCUT2D eigenvalue weighted by molar-refractivity contribution is 0.144. The Hall–Kier alpha value is -2.02. The summed E-state index contributed by atoms with van der Waals surface area (Å²) in [6.07, 6.45) is 5.75. The molecule has 0 saturated heterocycles. The lowest BCUT2D eigenvalue weighted by Crippen LogP contribution is -2.35. The molecule has 154 valence electrons. The minimum atomic E-state index is 0.0937. The van der Waals surface area contributed by atoms with Crippen molar-refractivity contribution >= 4 is 21.6 Å². The summed E-state index contributed by atoms with van der Waals surface area (Å²) < 4.78 is 7.16. The minimum Gasteiger partial charge on any atom is -0.382 e. The number of nitrogens with one attached hydrogen (secondary N) is 1. The number of hydrogen-bond donors (Lipinski definition) is 1. The van der Waals surface area contributed by atoms with Gasteiger partial charge in [0.15, 0.2) is 0 Å². The van der Waals surface area contributed by atoms with Gasteiger partial charge in [-0.1, -0.05) is 29.8 Å². The normalized spacial score (nSPS) is 16.3. The maximum absolute atomic E-state index is 13.2. The van der Waals surface area contributed by atoms with Gasteiger partial charge in [0, 0.05) is 24.1 Å². The van der Waals surface area contributed by atoms with Crippen LogP contribution in [0.3, 0.4) is 0 Å². The molecule has 2 aromatic heterocycles. The van der Waals surface area contributed by atoms with Gasteiger partial charge in [0.25, 0.3) is 5.56 Å². The molecule has 1 N–H and O–H groups in total. The fourth-order valence-electron chi connectivity index (χ4n) is 4.00. The average Bonchev–Trinajstić information content (AvgIpc) is 3.10. The Morgan fingerprint density at radius 2 is 2.14 bits per heavy atom. The van der Waals surface area contributed by atoms with E-state index in [2.05, 4.69) is 41.5 Å². The number of benzene rings is 1. The first-order valence-electron chi connectivity index (χ1n) is 10.5. The fourth-order valence-corrected chi connectivity index (χ4v) is 5.26. The van der Waals surface area contributed by atoms with Gasteiger partial charge < -0.3 is 10.1 Å². The molecule has 1 aromatic carbocycles. The van der Waals surface area contributed by atoms with Crippen molar-refractivity contribution in [1.82, 2.24) is 14.9 Å². The fraction of sp³-hybridized carbons (Fsp3) is 0.478. The van der Waals surface area contributed by atoms with Crippen LogP contribution in [-0.2, 0) is 24.1 Å². The summed E-state index contributed by atoms with van der Waals surface area (Å²) in [4.78, 5) is 20.0. The number of hydrogen-bond acceptors (Lipinski definition) is 5. The van der Waals surface area contributed by atoms with Crippen LogP contribution in [0.2, 0.25) is 0 Å². The Morgan fingerprint density at radius 3 is 2.93 bits per heavy atom. The third kappa shape index (κ3) is 4.60. The molecule has 6 heteroatoms. The maximum Gasteiger partial charge on any atom is 0.262 e. The van der Waals surface area contributed by atoms with Crippen LogP contribution < -0.4 is 10.9 Å². The van der Waals surface area contributed by atoms with Crippen molar-refractivity contribution in [2.45, 2.75) is 52.1 Å². The van der Waals surface area contributed by atoms with Crippen LogP contribution in [0.15, 0.2) is 35.4 Å². The summed E-state index contributed by atoms with van der Waals surface area (Å²) in [7, 11) is 0. The summed E-state index contributed by atoms with van der Waals surface area (Å²) in [6, 6.07) is 8.81. The smallest absolute Gasteiger partial charge is 0.262 e. The van der Waals surface area contributed by atoms with E-state index in [0.29, 0.717) is 12.6 Å². The second kappa shape index (κ2) is 9.20. The number of ether oxygens (including phenoxy) is 1.